The number of rotatable bonds is 6. The lowest BCUT2D eigenvalue weighted by Gasteiger charge is -2.25. The molecule has 25 heavy (non-hydrogen) atoms. The van der Waals surface area contributed by atoms with Gasteiger partial charge in [0.25, 0.3) is 0 Å². The number of hydrogen-bond acceptors (Lipinski definition) is 3. The van der Waals surface area contributed by atoms with Crippen LogP contribution in [0.4, 0.5) is 0 Å². The van der Waals surface area contributed by atoms with Crippen LogP contribution in [-0.4, -0.2) is 30.1 Å². The molecule has 3 nitrogen and oxygen atoms in total. The van der Waals surface area contributed by atoms with E-state index in [4.69, 9.17) is 16.3 Å². The van der Waals surface area contributed by atoms with Gasteiger partial charge in [-0.25, -0.2) is 0 Å². The maximum atomic E-state index is 13.1. The molecule has 2 heterocycles. The van der Waals surface area contributed by atoms with Crippen molar-refractivity contribution >= 4 is 28.8 Å². The number of carbonyl (C=O) groups is 1. The summed E-state index contributed by atoms with van der Waals surface area (Å²) >= 11 is 8.02. The van der Waals surface area contributed by atoms with Crippen LogP contribution < -0.4 is 0 Å². The van der Waals surface area contributed by atoms with E-state index >= 15 is 0 Å². The molecule has 3 atom stereocenters. The first-order valence-corrected chi connectivity index (χ1v) is 10.2. The van der Waals surface area contributed by atoms with E-state index in [1.54, 1.807) is 11.3 Å². The molecular formula is C20H22ClNO2S. The molecule has 1 aliphatic carbocycles. The number of nitrogens with zero attached hydrogens (tertiary/aromatic N) is 1. The summed E-state index contributed by atoms with van der Waals surface area (Å²) in [6.07, 6.45) is 3.22. The molecule has 2 aromatic rings. The molecule has 0 N–H and O–H groups in total. The van der Waals surface area contributed by atoms with Crippen LogP contribution in [0.25, 0.3) is 0 Å². The molecule has 1 aromatic carbocycles. The molecule has 1 saturated carbocycles. The highest BCUT2D eigenvalue weighted by molar-refractivity contribution is 7.09. The zero-order valence-electron chi connectivity index (χ0n) is 14.1. The third-order valence-electron chi connectivity index (χ3n) is 5.10. The van der Waals surface area contributed by atoms with Crippen molar-refractivity contribution in [3.05, 3.63) is 57.2 Å². The minimum absolute atomic E-state index is 0.0567. The molecule has 1 aliphatic heterocycles. The first-order valence-electron chi connectivity index (χ1n) is 8.89. The summed E-state index contributed by atoms with van der Waals surface area (Å²) in [4.78, 5) is 16.4. The van der Waals surface area contributed by atoms with Gasteiger partial charge in [0, 0.05) is 29.0 Å². The van der Waals surface area contributed by atoms with Gasteiger partial charge in [0.15, 0.2) is 0 Å². The largest absolute Gasteiger partial charge is 0.376 e. The third kappa shape index (κ3) is 3.91. The molecule has 0 spiro atoms. The van der Waals surface area contributed by atoms with E-state index in [2.05, 4.69) is 11.4 Å². The number of benzene rings is 1. The van der Waals surface area contributed by atoms with Gasteiger partial charge in [0.05, 0.1) is 12.6 Å². The second-order valence-electron chi connectivity index (χ2n) is 6.90. The van der Waals surface area contributed by atoms with E-state index in [0.29, 0.717) is 13.1 Å². The molecule has 3 unspecified atom stereocenters. The highest BCUT2D eigenvalue weighted by Crippen LogP contribution is 2.50. The Hall–Kier alpha value is -1.36. The van der Waals surface area contributed by atoms with E-state index in [9.17, 15) is 4.79 Å². The fourth-order valence-corrected chi connectivity index (χ4v) is 4.67. The van der Waals surface area contributed by atoms with Crippen molar-refractivity contribution in [2.45, 2.75) is 37.8 Å². The van der Waals surface area contributed by atoms with Crippen LogP contribution in [0.5, 0.6) is 0 Å². The van der Waals surface area contributed by atoms with Crippen LogP contribution in [0.3, 0.4) is 0 Å². The average molecular weight is 376 g/mol. The molecule has 132 valence electrons. The van der Waals surface area contributed by atoms with Gasteiger partial charge in [-0.1, -0.05) is 35.9 Å². The lowest BCUT2D eigenvalue weighted by molar-refractivity contribution is -0.134. The molecule has 0 bridgehead atoms. The number of amides is 1. The van der Waals surface area contributed by atoms with Crippen LogP contribution in [0.15, 0.2) is 41.8 Å². The first kappa shape index (κ1) is 17.1. The molecule has 4 rings (SSSR count). The standard InChI is InChI=1S/C20H22ClNO2S/c21-19-8-2-1-7-16(19)17-11-18(17)20(23)22(12-14-5-3-9-24-14)13-15-6-4-10-25-15/h1-2,4,6-8,10,14,17-18H,3,5,9,11-13H2. The number of hydrogen-bond donors (Lipinski definition) is 0. The van der Waals surface area contributed by atoms with Crippen molar-refractivity contribution in [3.8, 4) is 0 Å². The van der Waals surface area contributed by atoms with Gasteiger partial charge in [-0.2, -0.15) is 0 Å². The first-order chi connectivity index (χ1) is 12.2. The Morgan fingerprint density at radius 3 is 2.88 bits per heavy atom. The smallest absolute Gasteiger partial charge is 0.226 e. The summed E-state index contributed by atoms with van der Waals surface area (Å²) in [5, 5.41) is 2.83. The molecule has 0 radical (unpaired) electrons. The van der Waals surface area contributed by atoms with Gasteiger partial charge in [0.1, 0.15) is 0 Å². The van der Waals surface area contributed by atoms with Crippen molar-refractivity contribution in [2.24, 2.45) is 5.92 Å². The molecule has 1 saturated heterocycles. The van der Waals surface area contributed by atoms with Crippen LogP contribution in [0.2, 0.25) is 5.02 Å². The highest BCUT2D eigenvalue weighted by atomic mass is 35.5. The Morgan fingerprint density at radius 2 is 2.16 bits per heavy atom. The second kappa shape index (κ2) is 7.48. The molecule has 5 heteroatoms. The second-order valence-corrected chi connectivity index (χ2v) is 8.34. The molecule has 2 aliphatic rings. The fourth-order valence-electron chi connectivity index (χ4n) is 3.68. The van der Waals surface area contributed by atoms with E-state index in [0.717, 1.165) is 36.5 Å². The SMILES string of the molecule is O=C(C1CC1c1ccccc1Cl)N(Cc1cccs1)CC1CCCO1. The van der Waals surface area contributed by atoms with Gasteiger partial charge < -0.3 is 9.64 Å². The number of thiophene rings is 1. The Bertz CT molecular complexity index is 727. The number of halogens is 1. The van der Waals surface area contributed by atoms with Gasteiger partial charge in [-0.05, 0) is 48.3 Å². The Balaban J connectivity index is 1.46. The van der Waals surface area contributed by atoms with E-state index in [-0.39, 0.29) is 23.8 Å². The summed E-state index contributed by atoms with van der Waals surface area (Å²) in [7, 11) is 0. The van der Waals surface area contributed by atoms with Crippen LogP contribution in [-0.2, 0) is 16.1 Å². The van der Waals surface area contributed by atoms with Gasteiger partial charge in [-0.3, -0.25) is 4.79 Å². The maximum absolute atomic E-state index is 13.1. The minimum atomic E-state index is 0.0567. The van der Waals surface area contributed by atoms with Crippen molar-refractivity contribution < 1.29 is 9.53 Å². The lowest BCUT2D eigenvalue weighted by Crippen LogP contribution is -2.37. The quantitative estimate of drug-likeness (QED) is 0.731. The van der Waals surface area contributed by atoms with Gasteiger partial charge in [0.2, 0.25) is 5.91 Å². The fraction of sp³-hybridized carbons (Fsp3) is 0.450. The van der Waals surface area contributed by atoms with Crippen molar-refractivity contribution in [1.29, 1.82) is 0 Å². The zero-order chi connectivity index (χ0) is 17.2. The normalized spacial score (nSPS) is 25.1. The van der Waals surface area contributed by atoms with Gasteiger partial charge >= 0.3 is 0 Å². The van der Waals surface area contributed by atoms with Gasteiger partial charge in [-0.15, -0.1) is 11.3 Å². The molecule has 2 fully saturated rings. The summed E-state index contributed by atoms with van der Waals surface area (Å²) in [6.45, 7) is 2.20. The highest BCUT2D eigenvalue weighted by Gasteiger charge is 2.46. The van der Waals surface area contributed by atoms with Crippen molar-refractivity contribution in [3.63, 3.8) is 0 Å². The number of ether oxygens (including phenoxy) is 1. The van der Waals surface area contributed by atoms with Crippen molar-refractivity contribution in [2.75, 3.05) is 13.2 Å². The topological polar surface area (TPSA) is 29.5 Å². The Morgan fingerprint density at radius 1 is 1.28 bits per heavy atom. The molecule has 1 aromatic heterocycles. The van der Waals surface area contributed by atoms with E-state index < -0.39 is 0 Å². The van der Waals surface area contributed by atoms with Crippen LogP contribution in [0.1, 0.15) is 35.6 Å². The number of carbonyl (C=O) groups excluding carboxylic acids is 1. The maximum Gasteiger partial charge on any atom is 0.226 e. The van der Waals surface area contributed by atoms with Crippen molar-refractivity contribution in [1.82, 2.24) is 4.90 Å². The Kier molecular flexibility index (Phi) is 5.11. The minimum Gasteiger partial charge on any atom is -0.376 e. The average Bonchev–Trinajstić information content (AvgIpc) is 2.99. The molecule has 1 amide bonds. The monoisotopic (exact) mass is 375 g/mol. The van der Waals surface area contributed by atoms with E-state index in [1.807, 2.05) is 35.2 Å². The summed E-state index contributed by atoms with van der Waals surface area (Å²) in [6, 6.07) is 12.0. The lowest BCUT2D eigenvalue weighted by atomic mass is 10.1. The summed E-state index contributed by atoms with van der Waals surface area (Å²) in [5.74, 6) is 0.562. The molecular weight excluding hydrogens is 354 g/mol. The van der Waals surface area contributed by atoms with E-state index in [1.165, 1.54) is 4.88 Å². The summed E-state index contributed by atoms with van der Waals surface area (Å²) in [5.41, 5.74) is 1.11. The van der Waals surface area contributed by atoms with Crippen LogP contribution >= 0.6 is 22.9 Å². The zero-order valence-corrected chi connectivity index (χ0v) is 15.6. The third-order valence-corrected chi connectivity index (χ3v) is 6.30. The predicted molar refractivity (Wildman–Crippen MR) is 101 cm³/mol. The summed E-state index contributed by atoms with van der Waals surface area (Å²) < 4.78 is 5.77. The Labute approximate surface area is 157 Å². The predicted octanol–water partition coefficient (Wildman–Crippen LogP) is 4.71. The van der Waals surface area contributed by atoms with Crippen LogP contribution in [0, 0.1) is 5.92 Å².